The van der Waals surface area contributed by atoms with Gasteiger partial charge in [0.25, 0.3) is 0 Å². The van der Waals surface area contributed by atoms with Crippen LogP contribution in [0.3, 0.4) is 0 Å². The lowest BCUT2D eigenvalue weighted by atomic mass is 9.69. The Morgan fingerprint density at radius 1 is 1.32 bits per heavy atom. The molecular weight excluding hydrogens is 236 g/mol. The molecule has 3 nitrogen and oxygen atoms in total. The van der Waals surface area contributed by atoms with Crippen molar-refractivity contribution in [1.29, 1.82) is 0 Å². The molecule has 1 rings (SSSR count). The average molecular weight is 264 g/mol. The largest absolute Gasteiger partial charge is 0.352 e. The summed E-state index contributed by atoms with van der Waals surface area (Å²) in [7, 11) is 0. The predicted octanol–water partition coefficient (Wildman–Crippen LogP) is 2.32. The van der Waals surface area contributed by atoms with Crippen molar-refractivity contribution in [3.63, 3.8) is 0 Å². The minimum Gasteiger partial charge on any atom is -0.352 e. The molecule has 3 heteroatoms. The fourth-order valence-corrected chi connectivity index (χ4v) is 2.83. The molecule has 1 aliphatic rings. The van der Waals surface area contributed by atoms with Gasteiger partial charge in [0.1, 0.15) is 0 Å². The molecule has 0 aromatic heterocycles. The molecule has 2 N–H and O–H groups in total. The first-order valence-corrected chi connectivity index (χ1v) is 7.43. The maximum atomic E-state index is 11.7. The molecule has 1 amide bonds. The summed E-state index contributed by atoms with van der Waals surface area (Å²) in [5.74, 6) is 3.32. The zero-order valence-corrected chi connectivity index (χ0v) is 12.6. The number of rotatable bonds is 6. The highest BCUT2D eigenvalue weighted by molar-refractivity contribution is 5.78. The Morgan fingerprint density at radius 2 is 1.95 bits per heavy atom. The van der Waals surface area contributed by atoms with Crippen LogP contribution in [-0.2, 0) is 4.79 Å². The highest BCUT2D eigenvalue weighted by Gasteiger charge is 2.31. The standard InChI is InChI=1S/C16H28N2O/c1-5-11-17-12-15(19)18-14-9-7-13(8-10-14)16(3,4)6-2/h1,13-14,17H,6-12H2,2-4H3,(H,18,19). The van der Waals surface area contributed by atoms with Crippen molar-refractivity contribution in [2.24, 2.45) is 11.3 Å². The van der Waals surface area contributed by atoms with Crippen LogP contribution in [0, 0.1) is 23.7 Å². The van der Waals surface area contributed by atoms with Crippen LogP contribution in [0.5, 0.6) is 0 Å². The number of terminal acetylenes is 1. The van der Waals surface area contributed by atoms with Crippen molar-refractivity contribution in [3.05, 3.63) is 0 Å². The predicted molar refractivity (Wildman–Crippen MR) is 79.7 cm³/mol. The van der Waals surface area contributed by atoms with Crippen LogP contribution in [0.15, 0.2) is 0 Å². The number of carbonyl (C=O) groups is 1. The van der Waals surface area contributed by atoms with Gasteiger partial charge in [-0.2, -0.15) is 0 Å². The van der Waals surface area contributed by atoms with E-state index in [1.165, 1.54) is 19.3 Å². The first-order chi connectivity index (χ1) is 8.99. The van der Waals surface area contributed by atoms with Gasteiger partial charge in [-0.25, -0.2) is 0 Å². The Bertz CT molecular complexity index is 322. The fourth-order valence-electron chi connectivity index (χ4n) is 2.83. The van der Waals surface area contributed by atoms with Gasteiger partial charge in [0.05, 0.1) is 13.1 Å². The minimum absolute atomic E-state index is 0.0634. The van der Waals surface area contributed by atoms with Gasteiger partial charge in [0.2, 0.25) is 5.91 Å². The smallest absolute Gasteiger partial charge is 0.234 e. The maximum absolute atomic E-state index is 11.7. The molecule has 0 bridgehead atoms. The second-order valence-corrected chi connectivity index (χ2v) is 6.27. The minimum atomic E-state index is 0.0634. The van der Waals surface area contributed by atoms with Gasteiger partial charge in [-0.3, -0.25) is 10.1 Å². The van der Waals surface area contributed by atoms with Gasteiger partial charge in [0.15, 0.2) is 0 Å². The van der Waals surface area contributed by atoms with Crippen LogP contribution in [0.1, 0.15) is 52.9 Å². The number of carbonyl (C=O) groups excluding carboxylic acids is 1. The summed E-state index contributed by atoms with van der Waals surface area (Å²) < 4.78 is 0. The second kappa shape index (κ2) is 7.55. The molecule has 0 aromatic rings. The highest BCUT2D eigenvalue weighted by atomic mass is 16.1. The lowest BCUT2D eigenvalue weighted by molar-refractivity contribution is -0.121. The van der Waals surface area contributed by atoms with E-state index in [1.54, 1.807) is 0 Å². The van der Waals surface area contributed by atoms with Gasteiger partial charge in [0, 0.05) is 6.04 Å². The monoisotopic (exact) mass is 264 g/mol. The Labute approximate surface area is 117 Å². The van der Waals surface area contributed by atoms with E-state index in [1.807, 2.05) is 0 Å². The third kappa shape index (κ3) is 5.24. The molecule has 19 heavy (non-hydrogen) atoms. The normalized spacial score (nSPS) is 23.7. The van der Waals surface area contributed by atoms with Gasteiger partial charge in [-0.15, -0.1) is 6.42 Å². The molecule has 108 valence electrons. The Balaban J connectivity index is 2.27. The molecule has 0 heterocycles. The number of hydrogen-bond acceptors (Lipinski definition) is 2. The van der Waals surface area contributed by atoms with E-state index in [0.717, 1.165) is 18.8 Å². The zero-order chi connectivity index (χ0) is 14.3. The van der Waals surface area contributed by atoms with Crippen molar-refractivity contribution in [2.75, 3.05) is 13.1 Å². The van der Waals surface area contributed by atoms with Crippen LogP contribution in [-0.4, -0.2) is 25.0 Å². The van der Waals surface area contributed by atoms with Crippen molar-refractivity contribution >= 4 is 5.91 Å². The van der Waals surface area contributed by atoms with Crippen molar-refractivity contribution in [1.82, 2.24) is 10.6 Å². The molecule has 1 aliphatic carbocycles. The van der Waals surface area contributed by atoms with E-state index < -0.39 is 0 Å². The number of hydrogen-bond donors (Lipinski definition) is 2. The van der Waals surface area contributed by atoms with Crippen LogP contribution in [0.4, 0.5) is 0 Å². The molecule has 1 saturated carbocycles. The Hall–Kier alpha value is -1.01. The first-order valence-electron chi connectivity index (χ1n) is 7.43. The van der Waals surface area contributed by atoms with Crippen LogP contribution in [0.25, 0.3) is 0 Å². The van der Waals surface area contributed by atoms with Crippen molar-refractivity contribution < 1.29 is 4.79 Å². The molecule has 0 aromatic carbocycles. The Kier molecular flexibility index (Phi) is 6.37. The average Bonchev–Trinajstić information content (AvgIpc) is 2.39. The van der Waals surface area contributed by atoms with E-state index in [4.69, 9.17) is 6.42 Å². The fraction of sp³-hybridized carbons (Fsp3) is 0.812. The number of amides is 1. The number of nitrogens with one attached hydrogen (secondary N) is 2. The van der Waals surface area contributed by atoms with Gasteiger partial charge in [-0.1, -0.05) is 33.1 Å². The quantitative estimate of drug-likeness (QED) is 0.571. The molecule has 0 aliphatic heterocycles. The molecule has 0 spiro atoms. The van der Waals surface area contributed by atoms with Gasteiger partial charge < -0.3 is 5.32 Å². The summed E-state index contributed by atoms with van der Waals surface area (Å²) in [6.07, 6.45) is 11.0. The lowest BCUT2D eigenvalue weighted by Crippen LogP contribution is -2.43. The molecule has 0 saturated heterocycles. The first kappa shape index (κ1) is 16.0. The summed E-state index contributed by atoms with van der Waals surface area (Å²) in [4.78, 5) is 11.7. The summed E-state index contributed by atoms with van der Waals surface area (Å²) in [6, 6.07) is 0.351. The summed E-state index contributed by atoms with van der Waals surface area (Å²) in [6.45, 7) is 7.76. The third-order valence-electron chi connectivity index (χ3n) is 4.62. The topological polar surface area (TPSA) is 41.1 Å². The highest BCUT2D eigenvalue weighted by Crippen LogP contribution is 2.40. The second-order valence-electron chi connectivity index (χ2n) is 6.27. The van der Waals surface area contributed by atoms with E-state index in [0.29, 0.717) is 24.5 Å². The third-order valence-corrected chi connectivity index (χ3v) is 4.62. The molecule has 0 unspecified atom stereocenters. The Morgan fingerprint density at radius 3 is 2.47 bits per heavy atom. The van der Waals surface area contributed by atoms with E-state index >= 15 is 0 Å². The van der Waals surface area contributed by atoms with Crippen LogP contribution >= 0.6 is 0 Å². The van der Waals surface area contributed by atoms with Crippen molar-refractivity contribution in [2.45, 2.75) is 58.9 Å². The lowest BCUT2D eigenvalue weighted by Gasteiger charge is -2.39. The zero-order valence-electron chi connectivity index (χ0n) is 12.6. The summed E-state index contributed by atoms with van der Waals surface area (Å²) in [5.41, 5.74) is 0.434. The molecular formula is C16H28N2O. The van der Waals surface area contributed by atoms with Crippen LogP contribution < -0.4 is 10.6 Å². The molecule has 1 fully saturated rings. The summed E-state index contributed by atoms with van der Waals surface area (Å²) in [5, 5.41) is 6.02. The molecule has 0 atom stereocenters. The van der Waals surface area contributed by atoms with Gasteiger partial charge in [-0.05, 0) is 37.0 Å². The van der Waals surface area contributed by atoms with E-state index in [-0.39, 0.29) is 5.91 Å². The maximum Gasteiger partial charge on any atom is 0.234 e. The summed E-state index contributed by atoms with van der Waals surface area (Å²) >= 11 is 0. The van der Waals surface area contributed by atoms with Crippen LogP contribution in [0.2, 0.25) is 0 Å². The van der Waals surface area contributed by atoms with E-state index in [9.17, 15) is 4.79 Å². The SMILES string of the molecule is C#CCNCC(=O)NC1CCC(C(C)(C)CC)CC1. The molecule has 0 radical (unpaired) electrons. The van der Waals surface area contributed by atoms with E-state index in [2.05, 4.69) is 37.3 Å². The van der Waals surface area contributed by atoms with Crippen molar-refractivity contribution in [3.8, 4) is 12.3 Å². The van der Waals surface area contributed by atoms with Gasteiger partial charge >= 0.3 is 0 Å².